The fraction of sp³-hybridized carbons (Fsp3) is 0.250. The second-order valence-corrected chi connectivity index (χ2v) is 14.2. The largest absolute Gasteiger partial charge is 0.497 e. The number of hydrogen-bond donors (Lipinski definition) is 0. The molecule has 7 heteroatoms. The lowest BCUT2D eigenvalue weighted by Gasteiger charge is -2.46. The molecule has 5 unspecified atom stereocenters. The van der Waals surface area contributed by atoms with Crippen molar-refractivity contribution in [3.05, 3.63) is 208 Å². The van der Waals surface area contributed by atoms with Gasteiger partial charge in [0.15, 0.2) is 0 Å². The number of methoxy groups -OCH3 is 1. The van der Waals surface area contributed by atoms with Crippen LogP contribution in [0.2, 0.25) is 5.02 Å². The van der Waals surface area contributed by atoms with Crippen LogP contribution in [0, 0.1) is 0 Å². The zero-order chi connectivity index (χ0) is 37.7. The van der Waals surface area contributed by atoms with Crippen molar-refractivity contribution < 1.29 is 28.4 Å². The van der Waals surface area contributed by atoms with E-state index >= 15 is 0 Å². The van der Waals surface area contributed by atoms with Crippen molar-refractivity contribution in [3.63, 3.8) is 0 Å². The van der Waals surface area contributed by atoms with Crippen LogP contribution in [0.5, 0.6) is 5.75 Å². The number of ether oxygens (including phenoxy) is 6. The number of rotatable bonds is 17. The van der Waals surface area contributed by atoms with Crippen molar-refractivity contribution in [3.8, 4) is 5.75 Å². The average Bonchev–Trinajstić information content (AvgIpc) is 3.24. The first-order valence-electron chi connectivity index (χ1n) is 18.8. The number of hydrogen-bond acceptors (Lipinski definition) is 6. The van der Waals surface area contributed by atoms with Gasteiger partial charge in [-0.15, -0.1) is 0 Å². The molecule has 55 heavy (non-hydrogen) atoms. The third-order valence-corrected chi connectivity index (χ3v) is 10.2. The zero-order valence-electron chi connectivity index (χ0n) is 31.0. The molecule has 0 bridgehead atoms. The van der Waals surface area contributed by atoms with Crippen molar-refractivity contribution in [2.45, 2.75) is 63.4 Å². The van der Waals surface area contributed by atoms with E-state index in [9.17, 15) is 0 Å². The van der Waals surface area contributed by atoms with Gasteiger partial charge in [0, 0.05) is 5.02 Å². The lowest BCUT2D eigenvalue weighted by atomic mass is 9.89. The molecule has 1 aliphatic heterocycles. The topological polar surface area (TPSA) is 55.4 Å². The lowest BCUT2D eigenvalue weighted by molar-refractivity contribution is -0.275. The lowest BCUT2D eigenvalue weighted by Crippen LogP contribution is -2.58. The van der Waals surface area contributed by atoms with Crippen LogP contribution >= 0.6 is 11.6 Å². The van der Waals surface area contributed by atoms with Gasteiger partial charge in [0.05, 0.1) is 40.1 Å². The van der Waals surface area contributed by atoms with Crippen LogP contribution in [-0.2, 0) is 56.5 Å². The first kappa shape index (κ1) is 38.5. The molecule has 0 aromatic heterocycles. The van der Waals surface area contributed by atoms with E-state index < -0.39 is 30.5 Å². The minimum absolute atomic E-state index is 0.285. The Labute approximate surface area is 329 Å². The summed E-state index contributed by atoms with van der Waals surface area (Å²) >= 11 is 6.88. The number of halogens is 1. The quantitative estimate of drug-likeness (QED) is 0.0924. The van der Waals surface area contributed by atoms with Gasteiger partial charge in [-0.3, -0.25) is 0 Å². The van der Waals surface area contributed by atoms with Gasteiger partial charge in [-0.1, -0.05) is 157 Å². The minimum atomic E-state index is -0.551. The summed E-state index contributed by atoms with van der Waals surface area (Å²) in [4.78, 5) is 0. The molecule has 0 saturated carbocycles. The number of benzene rings is 6. The second kappa shape index (κ2) is 19.7. The monoisotopic (exact) mass is 754 g/mol. The molecular formula is C48H47ClO6. The molecule has 6 aromatic carbocycles. The van der Waals surface area contributed by atoms with E-state index in [0.717, 1.165) is 44.7 Å². The van der Waals surface area contributed by atoms with Crippen LogP contribution in [0.25, 0.3) is 0 Å². The van der Waals surface area contributed by atoms with Crippen LogP contribution in [0.15, 0.2) is 164 Å². The molecule has 0 spiro atoms. The van der Waals surface area contributed by atoms with Gasteiger partial charge < -0.3 is 28.4 Å². The highest BCUT2D eigenvalue weighted by Crippen LogP contribution is 2.40. The molecule has 1 saturated heterocycles. The van der Waals surface area contributed by atoms with Crippen molar-refractivity contribution >= 4 is 11.6 Å². The van der Waals surface area contributed by atoms with Crippen LogP contribution in [0.1, 0.15) is 45.0 Å². The molecule has 282 valence electrons. The van der Waals surface area contributed by atoms with Crippen LogP contribution < -0.4 is 4.74 Å². The summed E-state index contributed by atoms with van der Waals surface area (Å²) in [7, 11) is 1.67. The third kappa shape index (κ3) is 10.7. The van der Waals surface area contributed by atoms with Gasteiger partial charge in [0.1, 0.15) is 36.3 Å². The molecule has 6 aromatic rings. The van der Waals surface area contributed by atoms with Gasteiger partial charge in [0.25, 0.3) is 0 Å². The molecule has 7 rings (SSSR count). The second-order valence-electron chi connectivity index (χ2n) is 13.8. The molecule has 0 radical (unpaired) electrons. The maximum Gasteiger partial charge on any atom is 0.118 e. The first-order valence-corrected chi connectivity index (χ1v) is 19.2. The summed E-state index contributed by atoms with van der Waals surface area (Å²) in [5.41, 5.74) is 7.28. The van der Waals surface area contributed by atoms with Crippen molar-refractivity contribution in [1.29, 1.82) is 0 Å². The van der Waals surface area contributed by atoms with Gasteiger partial charge >= 0.3 is 0 Å². The van der Waals surface area contributed by atoms with E-state index in [1.54, 1.807) is 7.11 Å². The fourth-order valence-electron chi connectivity index (χ4n) is 6.93. The fourth-order valence-corrected chi connectivity index (χ4v) is 7.11. The maximum atomic E-state index is 7.16. The SMILES string of the molecule is COc1ccc(Cc2cc(C3OC(COCc4ccccc4)C(OCc4ccccc4)C(OCc4ccccc4)C3OCc3ccccc3)ccc2Cl)cc1. The predicted octanol–water partition coefficient (Wildman–Crippen LogP) is 10.4. The molecule has 0 amide bonds. The minimum Gasteiger partial charge on any atom is -0.497 e. The first-order chi connectivity index (χ1) is 27.1. The Morgan fingerprint density at radius 2 is 1.00 bits per heavy atom. The molecule has 1 heterocycles. The van der Waals surface area contributed by atoms with Gasteiger partial charge in [-0.25, -0.2) is 0 Å². The molecule has 1 aliphatic rings. The van der Waals surface area contributed by atoms with Crippen molar-refractivity contribution in [2.75, 3.05) is 13.7 Å². The third-order valence-electron chi connectivity index (χ3n) is 9.84. The molecule has 5 atom stereocenters. The van der Waals surface area contributed by atoms with Crippen LogP contribution in [-0.4, -0.2) is 38.1 Å². The standard InChI is InChI=1S/C48H47ClO6/c1-50-42-25-22-35(23-26-42)28-41-29-40(24-27-43(41)49)45-47(53-32-38-18-10-4-11-19-38)48(54-33-39-20-12-5-13-21-39)46(52-31-37-16-8-3-9-17-37)44(55-45)34-51-30-36-14-6-2-7-15-36/h2-27,29,44-48H,28,30-34H2,1H3. The summed E-state index contributed by atoms with van der Waals surface area (Å²) in [5, 5.41) is 0.681. The predicted molar refractivity (Wildman–Crippen MR) is 216 cm³/mol. The van der Waals surface area contributed by atoms with E-state index in [4.69, 9.17) is 40.0 Å². The summed E-state index contributed by atoms with van der Waals surface area (Å²) in [5.74, 6) is 0.809. The molecule has 6 nitrogen and oxygen atoms in total. The maximum absolute atomic E-state index is 7.16. The van der Waals surface area contributed by atoms with E-state index in [-0.39, 0.29) is 6.61 Å². The van der Waals surface area contributed by atoms with Crippen molar-refractivity contribution in [2.24, 2.45) is 0 Å². The highest BCUT2D eigenvalue weighted by Gasteiger charge is 2.49. The molecule has 1 fully saturated rings. The van der Waals surface area contributed by atoms with E-state index in [0.29, 0.717) is 37.9 Å². The smallest absolute Gasteiger partial charge is 0.118 e. The Kier molecular flexibility index (Phi) is 13.8. The summed E-state index contributed by atoms with van der Waals surface area (Å²) < 4.78 is 39.7. The van der Waals surface area contributed by atoms with E-state index in [1.807, 2.05) is 97.1 Å². The van der Waals surface area contributed by atoms with Crippen LogP contribution in [0.4, 0.5) is 0 Å². The van der Waals surface area contributed by atoms with Crippen LogP contribution in [0.3, 0.4) is 0 Å². The zero-order valence-corrected chi connectivity index (χ0v) is 31.8. The Morgan fingerprint density at radius 1 is 0.509 bits per heavy atom. The Hall–Kier alpha value is -4.79. The van der Waals surface area contributed by atoms with Gasteiger partial charge in [-0.05, 0) is 63.6 Å². The van der Waals surface area contributed by atoms with Gasteiger partial charge in [0.2, 0.25) is 0 Å². The van der Waals surface area contributed by atoms with E-state index in [2.05, 4.69) is 66.7 Å². The van der Waals surface area contributed by atoms with Gasteiger partial charge in [-0.2, -0.15) is 0 Å². The Bertz CT molecular complexity index is 2010. The highest BCUT2D eigenvalue weighted by molar-refractivity contribution is 6.31. The molecule has 0 N–H and O–H groups in total. The Morgan fingerprint density at radius 3 is 1.53 bits per heavy atom. The summed E-state index contributed by atoms with van der Waals surface area (Å²) in [6.45, 7) is 1.83. The molecule has 0 aliphatic carbocycles. The summed E-state index contributed by atoms with van der Waals surface area (Å²) in [6.07, 6.45) is -1.99. The highest BCUT2D eigenvalue weighted by atomic mass is 35.5. The van der Waals surface area contributed by atoms with Crippen molar-refractivity contribution in [1.82, 2.24) is 0 Å². The van der Waals surface area contributed by atoms with E-state index in [1.165, 1.54) is 0 Å². The normalized spacial score (nSPS) is 19.6. The Balaban J connectivity index is 1.25. The molecular weight excluding hydrogens is 708 g/mol. The average molecular weight is 755 g/mol. The summed E-state index contributed by atoms with van der Waals surface area (Å²) in [6, 6.07) is 54.9.